The van der Waals surface area contributed by atoms with Crippen LogP contribution in [0, 0.1) is 0 Å². The number of benzene rings is 1. The molecule has 1 aromatic carbocycles. The van der Waals surface area contributed by atoms with Crippen molar-refractivity contribution in [2.75, 3.05) is 19.8 Å². The van der Waals surface area contributed by atoms with Crippen LogP contribution in [0.2, 0.25) is 0 Å². The molecule has 1 atom stereocenters. The number of nitrogens with one attached hydrogen (secondary N) is 1. The van der Waals surface area contributed by atoms with Gasteiger partial charge >= 0.3 is 0 Å². The lowest BCUT2D eigenvalue weighted by Crippen LogP contribution is -2.28. The lowest BCUT2D eigenvalue weighted by atomic mass is 10.1. The molecule has 0 aliphatic heterocycles. The fraction of sp³-hybridized carbons (Fsp3) is 0.667. The lowest BCUT2D eigenvalue weighted by molar-refractivity contribution is -0.0163. The summed E-state index contributed by atoms with van der Waals surface area (Å²) in [6.07, 6.45) is 2.22. The molecule has 0 saturated heterocycles. The Morgan fingerprint density at radius 1 is 1.10 bits per heavy atom. The molecule has 1 N–H and O–H groups in total. The Balaban J connectivity index is 2.30. The van der Waals surface area contributed by atoms with Gasteiger partial charge in [0.2, 0.25) is 0 Å². The zero-order valence-corrected chi connectivity index (χ0v) is 14.2. The highest BCUT2D eigenvalue weighted by Gasteiger charge is 2.09. The van der Waals surface area contributed by atoms with Crippen LogP contribution in [0.3, 0.4) is 0 Å². The molecule has 0 fully saturated rings. The molecule has 0 aromatic heterocycles. The second kappa shape index (κ2) is 9.06. The van der Waals surface area contributed by atoms with Gasteiger partial charge in [-0.1, -0.05) is 19.1 Å². The molecule has 120 valence electrons. The monoisotopic (exact) mass is 293 g/mol. The fourth-order valence-electron chi connectivity index (χ4n) is 2.05. The average Bonchev–Trinajstić information content (AvgIpc) is 2.42. The van der Waals surface area contributed by atoms with Crippen molar-refractivity contribution >= 4 is 0 Å². The predicted molar refractivity (Wildman–Crippen MR) is 89.1 cm³/mol. The number of rotatable bonds is 9. The highest BCUT2D eigenvalue weighted by molar-refractivity contribution is 5.27. The van der Waals surface area contributed by atoms with Crippen LogP contribution < -0.4 is 10.1 Å². The molecule has 0 spiro atoms. The number of ether oxygens (including phenoxy) is 2. The van der Waals surface area contributed by atoms with Crippen molar-refractivity contribution < 1.29 is 9.47 Å². The van der Waals surface area contributed by atoms with Gasteiger partial charge in [0.1, 0.15) is 12.4 Å². The van der Waals surface area contributed by atoms with Gasteiger partial charge < -0.3 is 14.8 Å². The van der Waals surface area contributed by atoms with Gasteiger partial charge in [-0.15, -0.1) is 0 Å². The summed E-state index contributed by atoms with van der Waals surface area (Å²) in [7, 11) is 0. The van der Waals surface area contributed by atoms with Gasteiger partial charge in [-0.25, -0.2) is 0 Å². The Morgan fingerprint density at radius 2 is 1.76 bits per heavy atom. The summed E-state index contributed by atoms with van der Waals surface area (Å²) in [5.74, 6) is 0.908. The van der Waals surface area contributed by atoms with E-state index in [-0.39, 0.29) is 5.60 Å². The summed E-state index contributed by atoms with van der Waals surface area (Å²) in [4.78, 5) is 0. The van der Waals surface area contributed by atoms with E-state index >= 15 is 0 Å². The minimum atomic E-state index is -0.102. The largest absolute Gasteiger partial charge is 0.491 e. The first-order valence-corrected chi connectivity index (χ1v) is 8.00. The van der Waals surface area contributed by atoms with Crippen LogP contribution in [-0.2, 0) is 11.2 Å². The van der Waals surface area contributed by atoms with E-state index in [1.165, 1.54) is 12.0 Å². The third-order valence-electron chi connectivity index (χ3n) is 3.10. The van der Waals surface area contributed by atoms with Gasteiger partial charge in [0.05, 0.1) is 12.2 Å². The molecular formula is C18H31NO2. The van der Waals surface area contributed by atoms with Gasteiger partial charge in [0.25, 0.3) is 0 Å². The van der Waals surface area contributed by atoms with Crippen LogP contribution in [0.4, 0.5) is 0 Å². The molecule has 1 unspecified atom stereocenters. The van der Waals surface area contributed by atoms with Crippen LogP contribution in [0.25, 0.3) is 0 Å². The molecule has 3 heteroatoms. The average molecular weight is 293 g/mol. The van der Waals surface area contributed by atoms with E-state index < -0.39 is 0 Å². The van der Waals surface area contributed by atoms with Crippen molar-refractivity contribution in [1.82, 2.24) is 5.32 Å². The molecule has 1 aromatic rings. The van der Waals surface area contributed by atoms with E-state index in [0.29, 0.717) is 19.3 Å². The number of hydrogen-bond donors (Lipinski definition) is 1. The van der Waals surface area contributed by atoms with Gasteiger partial charge in [-0.05, 0) is 64.8 Å². The summed E-state index contributed by atoms with van der Waals surface area (Å²) in [5, 5.41) is 3.50. The van der Waals surface area contributed by atoms with Crippen molar-refractivity contribution in [3.8, 4) is 5.75 Å². The van der Waals surface area contributed by atoms with Crippen molar-refractivity contribution in [2.24, 2.45) is 0 Å². The third kappa shape index (κ3) is 8.74. The summed E-state index contributed by atoms with van der Waals surface area (Å²) in [6, 6.07) is 8.88. The normalized spacial score (nSPS) is 13.2. The predicted octanol–water partition coefficient (Wildman–Crippen LogP) is 3.81. The summed E-state index contributed by atoms with van der Waals surface area (Å²) < 4.78 is 11.3. The lowest BCUT2D eigenvalue weighted by Gasteiger charge is -2.19. The molecule has 0 radical (unpaired) electrons. The molecule has 3 nitrogen and oxygen atoms in total. The molecular weight excluding hydrogens is 262 g/mol. The van der Waals surface area contributed by atoms with E-state index in [0.717, 1.165) is 18.7 Å². The Labute approximate surface area is 130 Å². The highest BCUT2D eigenvalue weighted by atomic mass is 16.5. The Kier molecular flexibility index (Phi) is 7.76. The van der Waals surface area contributed by atoms with Gasteiger partial charge in [-0.3, -0.25) is 0 Å². The van der Waals surface area contributed by atoms with Gasteiger partial charge in [0, 0.05) is 6.04 Å². The third-order valence-corrected chi connectivity index (χ3v) is 3.10. The van der Waals surface area contributed by atoms with E-state index in [1.807, 2.05) is 12.1 Å². The molecule has 0 aliphatic rings. The standard InChI is InChI=1S/C18H31NO2/c1-6-11-19-15(2)14-16-7-9-17(10-8-16)20-12-13-21-18(3,4)5/h7-10,15,19H,6,11-14H2,1-5H3. The molecule has 0 aliphatic carbocycles. The van der Waals surface area contributed by atoms with Crippen molar-refractivity contribution in [3.05, 3.63) is 29.8 Å². The van der Waals surface area contributed by atoms with Crippen LogP contribution in [-0.4, -0.2) is 31.4 Å². The van der Waals surface area contributed by atoms with Crippen molar-refractivity contribution in [1.29, 1.82) is 0 Å². The minimum absolute atomic E-state index is 0.102. The van der Waals surface area contributed by atoms with Crippen LogP contribution in [0.15, 0.2) is 24.3 Å². The Morgan fingerprint density at radius 3 is 2.33 bits per heavy atom. The van der Waals surface area contributed by atoms with E-state index in [1.54, 1.807) is 0 Å². The second-order valence-corrected chi connectivity index (χ2v) is 6.51. The van der Waals surface area contributed by atoms with Crippen LogP contribution >= 0.6 is 0 Å². The topological polar surface area (TPSA) is 30.5 Å². The zero-order chi connectivity index (χ0) is 15.7. The molecule has 0 heterocycles. The maximum Gasteiger partial charge on any atom is 0.119 e. The maximum atomic E-state index is 5.69. The summed E-state index contributed by atoms with van der Waals surface area (Å²) in [6.45, 7) is 12.9. The Bertz CT molecular complexity index is 381. The second-order valence-electron chi connectivity index (χ2n) is 6.51. The van der Waals surface area contributed by atoms with E-state index in [2.05, 4.69) is 52.1 Å². The van der Waals surface area contributed by atoms with Crippen LogP contribution in [0.1, 0.15) is 46.6 Å². The Hall–Kier alpha value is -1.06. The smallest absolute Gasteiger partial charge is 0.119 e. The molecule has 0 saturated carbocycles. The SMILES string of the molecule is CCCNC(C)Cc1ccc(OCCOC(C)(C)C)cc1. The zero-order valence-electron chi connectivity index (χ0n) is 14.2. The minimum Gasteiger partial charge on any atom is -0.491 e. The van der Waals surface area contributed by atoms with Crippen molar-refractivity contribution in [2.45, 2.75) is 59.1 Å². The quantitative estimate of drug-likeness (QED) is 0.702. The molecule has 0 bridgehead atoms. The number of hydrogen-bond acceptors (Lipinski definition) is 3. The van der Waals surface area contributed by atoms with E-state index in [4.69, 9.17) is 9.47 Å². The van der Waals surface area contributed by atoms with Gasteiger partial charge in [-0.2, -0.15) is 0 Å². The summed E-state index contributed by atoms with van der Waals surface area (Å²) >= 11 is 0. The highest BCUT2D eigenvalue weighted by Crippen LogP contribution is 2.14. The first-order chi connectivity index (χ1) is 9.90. The van der Waals surface area contributed by atoms with Crippen molar-refractivity contribution in [3.63, 3.8) is 0 Å². The summed E-state index contributed by atoms with van der Waals surface area (Å²) in [5.41, 5.74) is 1.24. The maximum absolute atomic E-state index is 5.69. The van der Waals surface area contributed by atoms with Crippen LogP contribution in [0.5, 0.6) is 5.75 Å². The van der Waals surface area contributed by atoms with E-state index in [9.17, 15) is 0 Å². The molecule has 21 heavy (non-hydrogen) atoms. The fourth-order valence-corrected chi connectivity index (χ4v) is 2.05. The first-order valence-electron chi connectivity index (χ1n) is 8.00. The molecule has 1 rings (SSSR count). The van der Waals surface area contributed by atoms with Gasteiger partial charge in [0.15, 0.2) is 0 Å². The first kappa shape index (κ1) is 18.0. The molecule has 0 amide bonds.